The number of benzene rings is 3. The second kappa shape index (κ2) is 9.11. The molecule has 176 valence electrons. The summed E-state index contributed by atoms with van der Waals surface area (Å²) < 4.78 is 13.8. The van der Waals surface area contributed by atoms with Crippen molar-refractivity contribution in [3.05, 3.63) is 87.8 Å². The van der Waals surface area contributed by atoms with Crippen molar-refractivity contribution in [2.24, 2.45) is 0 Å². The molecule has 2 aromatic heterocycles. The number of nitrogens with one attached hydrogen (secondary N) is 1. The number of ether oxygens (including phenoxy) is 2. The van der Waals surface area contributed by atoms with Gasteiger partial charge in [-0.2, -0.15) is 0 Å². The molecule has 0 unspecified atom stereocenters. The summed E-state index contributed by atoms with van der Waals surface area (Å²) in [6.45, 7) is 1.57. The molecule has 0 aliphatic heterocycles. The Bertz CT molecular complexity index is 1640. The molecule has 0 spiro atoms. The fourth-order valence-electron chi connectivity index (χ4n) is 3.72. The van der Waals surface area contributed by atoms with Crippen molar-refractivity contribution in [2.75, 3.05) is 12.4 Å². The van der Waals surface area contributed by atoms with Crippen molar-refractivity contribution in [3.63, 3.8) is 0 Å². The largest absolute Gasteiger partial charge is 0.495 e. The van der Waals surface area contributed by atoms with Crippen LogP contribution in [0.25, 0.3) is 16.7 Å². The molecule has 0 aliphatic carbocycles. The molecule has 2 heterocycles. The molecule has 5 rings (SSSR count). The fraction of sp³-hybridized carbons (Fsp3) is 0.120. The Morgan fingerprint density at radius 2 is 1.83 bits per heavy atom. The first-order valence-electron chi connectivity index (χ1n) is 10.7. The third-order valence-corrected chi connectivity index (χ3v) is 5.64. The SMILES string of the molecule is COc1ccc(Cl)cc1NC(=O)Cn1nc2c(Oc3ccccc3C)nc3ccccc3n2c1=O. The summed E-state index contributed by atoms with van der Waals surface area (Å²) in [5.74, 6) is 0.708. The molecule has 5 aromatic rings. The van der Waals surface area contributed by atoms with Crippen molar-refractivity contribution in [2.45, 2.75) is 13.5 Å². The average molecular weight is 490 g/mol. The maximum absolute atomic E-state index is 13.3. The highest BCUT2D eigenvalue weighted by Crippen LogP contribution is 2.29. The minimum Gasteiger partial charge on any atom is -0.495 e. The van der Waals surface area contributed by atoms with Gasteiger partial charge in [-0.3, -0.25) is 4.79 Å². The number of carbonyl (C=O) groups is 1. The van der Waals surface area contributed by atoms with Gasteiger partial charge < -0.3 is 14.8 Å². The molecular weight excluding hydrogens is 470 g/mol. The van der Waals surface area contributed by atoms with Gasteiger partial charge in [0.25, 0.3) is 5.88 Å². The van der Waals surface area contributed by atoms with Crippen molar-refractivity contribution >= 4 is 39.9 Å². The van der Waals surface area contributed by atoms with Gasteiger partial charge in [0.05, 0.1) is 23.8 Å². The highest BCUT2D eigenvalue weighted by molar-refractivity contribution is 6.31. The molecule has 35 heavy (non-hydrogen) atoms. The van der Waals surface area contributed by atoms with Crippen molar-refractivity contribution in [1.29, 1.82) is 0 Å². The monoisotopic (exact) mass is 489 g/mol. The number of carbonyl (C=O) groups excluding carboxylic acids is 1. The minimum absolute atomic E-state index is 0.158. The Labute approximate surface area is 204 Å². The van der Waals surface area contributed by atoms with Gasteiger partial charge in [0, 0.05) is 5.02 Å². The van der Waals surface area contributed by atoms with Crippen LogP contribution in [0.5, 0.6) is 17.4 Å². The van der Waals surface area contributed by atoms with Gasteiger partial charge in [0.2, 0.25) is 11.6 Å². The molecule has 1 amide bonds. The number of fused-ring (bicyclic) bond motifs is 3. The predicted molar refractivity (Wildman–Crippen MR) is 133 cm³/mol. The minimum atomic E-state index is -0.499. The van der Waals surface area contributed by atoms with E-state index in [0.29, 0.717) is 33.2 Å². The molecule has 0 radical (unpaired) electrons. The summed E-state index contributed by atoms with van der Waals surface area (Å²) in [6, 6.07) is 19.5. The van der Waals surface area contributed by atoms with E-state index in [1.807, 2.05) is 37.3 Å². The molecule has 0 saturated carbocycles. The maximum Gasteiger partial charge on any atom is 0.351 e. The van der Waals surface area contributed by atoms with Gasteiger partial charge in [-0.25, -0.2) is 18.9 Å². The van der Waals surface area contributed by atoms with Gasteiger partial charge >= 0.3 is 5.69 Å². The predicted octanol–water partition coefficient (Wildman–Crippen LogP) is 4.45. The van der Waals surface area contributed by atoms with E-state index < -0.39 is 11.6 Å². The van der Waals surface area contributed by atoms with Crippen molar-refractivity contribution in [3.8, 4) is 17.4 Å². The smallest absolute Gasteiger partial charge is 0.351 e. The molecule has 0 fully saturated rings. The third kappa shape index (κ3) is 4.29. The van der Waals surface area contributed by atoms with E-state index in [-0.39, 0.29) is 18.1 Å². The third-order valence-electron chi connectivity index (χ3n) is 5.40. The number of para-hydroxylation sites is 3. The number of methoxy groups -OCH3 is 1. The lowest BCUT2D eigenvalue weighted by atomic mass is 10.2. The number of nitrogens with zero attached hydrogens (tertiary/aromatic N) is 4. The van der Waals surface area contributed by atoms with Crippen molar-refractivity contribution < 1.29 is 14.3 Å². The highest BCUT2D eigenvalue weighted by atomic mass is 35.5. The Hall–Kier alpha value is -4.37. The Balaban J connectivity index is 1.56. The Kier molecular flexibility index (Phi) is 5.84. The quantitative estimate of drug-likeness (QED) is 0.378. The summed E-state index contributed by atoms with van der Waals surface area (Å²) in [6.07, 6.45) is 0. The van der Waals surface area contributed by atoms with Crippen molar-refractivity contribution in [1.82, 2.24) is 19.2 Å². The van der Waals surface area contributed by atoms with E-state index in [1.165, 1.54) is 11.5 Å². The molecule has 0 atom stereocenters. The molecule has 0 saturated heterocycles. The van der Waals surface area contributed by atoms with Crippen LogP contribution in [0.4, 0.5) is 5.69 Å². The molecule has 1 N–H and O–H groups in total. The zero-order chi connectivity index (χ0) is 24.5. The first-order valence-corrected chi connectivity index (χ1v) is 11.1. The van der Waals surface area contributed by atoms with E-state index in [4.69, 9.17) is 21.1 Å². The fourth-order valence-corrected chi connectivity index (χ4v) is 3.89. The molecule has 0 aliphatic rings. The van der Waals surface area contributed by atoms with E-state index in [2.05, 4.69) is 15.4 Å². The van der Waals surface area contributed by atoms with Crippen LogP contribution in [-0.4, -0.2) is 32.2 Å². The van der Waals surface area contributed by atoms with Gasteiger partial charge in [-0.15, -0.1) is 5.10 Å². The van der Waals surface area contributed by atoms with Crippen LogP contribution in [0.15, 0.2) is 71.5 Å². The van der Waals surface area contributed by atoms with E-state index >= 15 is 0 Å². The molecule has 0 bridgehead atoms. The van der Waals surface area contributed by atoms with Crippen LogP contribution in [-0.2, 0) is 11.3 Å². The number of anilines is 1. The molecule has 10 heteroatoms. The van der Waals surface area contributed by atoms with Crippen LogP contribution < -0.4 is 20.5 Å². The zero-order valence-electron chi connectivity index (χ0n) is 18.9. The van der Waals surface area contributed by atoms with E-state index in [0.717, 1.165) is 10.2 Å². The topological polar surface area (TPSA) is 99.8 Å². The number of halogens is 1. The Morgan fingerprint density at radius 1 is 1.06 bits per heavy atom. The lowest BCUT2D eigenvalue weighted by molar-refractivity contribution is -0.117. The summed E-state index contributed by atoms with van der Waals surface area (Å²) in [4.78, 5) is 30.7. The standard InChI is InChI=1S/C25H20ClN5O4/c1-15-7-3-6-10-20(15)35-24-23-29-30(25(33)31(23)19-9-5-4-8-17(19)28-24)14-22(32)27-18-13-16(26)11-12-21(18)34-2/h3-13H,14H2,1-2H3,(H,27,32). The van der Waals surface area contributed by atoms with Gasteiger partial charge in [-0.1, -0.05) is 41.9 Å². The highest BCUT2D eigenvalue weighted by Gasteiger charge is 2.20. The normalized spacial score (nSPS) is 11.1. The number of aromatic nitrogens is 4. The molecule has 9 nitrogen and oxygen atoms in total. The van der Waals surface area contributed by atoms with E-state index in [9.17, 15) is 9.59 Å². The number of hydrogen-bond donors (Lipinski definition) is 1. The lowest BCUT2D eigenvalue weighted by Gasteiger charge is -2.10. The van der Waals surface area contributed by atoms with Gasteiger partial charge in [0.15, 0.2) is 0 Å². The Morgan fingerprint density at radius 3 is 2.63 bits per heavy atom. The number of hydrogen-bond acceptors (Lipinski definition) is 6. The van der Waals surface area contributed by atoms with Crippen LogP contribution >= 0.6 is 11.6 Å². The lowest BCUT2D eigenvalue weighted by Crippen LogP contribution is -2.28. The molecule has 3 aromatic carbocycles. The van der Waals surface area contributed by atoms with Crippen LogP contribution in [0.3, 0.4) is 0 Å². The van der Waals surface area contributed by atoms with Crippen LogP contribution in [0.2, 0.25) is 5.02 Å². The average Bonchev–Trinajstić information content (AvgIpc) is 3.17. The first-order chi connectivity index (χ1) is 16.9. The van der Waals surface area contributed by atoms with Gasteiger partial charge in [0.1, 0.15) is 18.0 Å². The van der Waals surface area contributed by atoms with Crippen LogP contribution in [0.1, 0.15) is 5.56 Å². The van der Waals surface area contributed by atoms with Gasteiger partial charge in [-0.05, 0) is 48.9 Å². The van der Waals surface area contributed by atoms with E-state index in [1.54, 1.807) is 36.4 Å². The summed E-state index contributed by atoms with van der Waals surface area (Å²) >= 11 is 6.05. The first kappa shape index (κ1) is 22.4. The number of aryl methyl sites for hydroxylation is 1. The summed E-state index contributed by atoms with van der Waals surface area (Å²) in [5.41, 5.74) is 2.09. The number of rotatable bonds is 6. The maximum atomic E-state index is 13.3. The number of amides is 1. The molecular formula is C25H20ClN5O4. The second-order valence-electron chi connectivity index (χ2n) is 7.77. The summed E-state index contributed by atoms with van der Waals surface area (Å²) in [7, 11) is 1.49. The second-order valence-corrected chi connectivity index (χ2v) is 8.20. The van der Waals surface area contributed by atoms with Crippen LogP contribution in [0, 0.1) is 6.92 Å². The zero-order valence-corrected chi connectivity index (χ0v) is 19.6. The summed E-state index contributed by atoms with van der Waals surface area (Å²) in [5, 5.41) is 7.54.